The summed E-state index contributed by atoms with van der Waals surface area (Å²) >= 11 is 0. The second kappa shape index (κ2) is 7.45. The Balaban J connectivity index is 1.71. The van der Waals surface area contributed by atoms with E-state index in [9.17, 15) is 9.90 Å². The molecule has 0 spiro atoms. The third-order valence-corrected chi connectivity index (χ3v) is 4.49. The van der Waals surface area contributed by atoms with E-state index >= 15 is 0 Å². The number of aromatic nitrogens is 1. The normalized spacial score (nSPS) is 20.8. The molecule has 1 fully saturated rings. The standard InChI is InChI=1S/C19H22N2O3/c1-24-17-8-3-2-6-13(17)12-18(23)21-19(14-10-15(22)11-14)16-7-4-5-9-20-16/h2-9,14-15,19,22H,10-12H2,1H3,(H,21,23). The minimum Gasteiger partial charge on any atom is -0.496 e. The van der Waals surface area contributed by atoms with Crippen LogP contribution in [0, 0.1) is 5.92 Å². The van der Waals surface area contributed by atoms with Crippen LogP contribution in [-0.2, 0) is 11.2 Å². The van der Waals surface area contributed by atoms with Crippen LogP contribution in [0.5, 0.6) is 5.75 Å². The molecule has 1 aliphatic rings. The number of hydrogen-bond donors (Lipinski definition) is 2. The highest BCUT2D eigenvalue weighted by Gasteiger charge is 2.36. The quantitative estimate of drug-likeness (QED) is 0.854. The highest BCUT2D eigenvalue weighted by molar-refractivity contribution is 5.79. The van der Waals surface area contributed by atoms with Gasteiger partial charge in [-0.15, -0.1) is 0 Å². The van der Waals surface area contributed by atoms with Gasteiger partial charge in [-0.25, -0.2) is 0 Å². The summed E-state index contributed by atoms with van der Waals surface area (Å²) in [7, 11) is 1.60. The number of amides is 1. The second-order valence-corrected chi connectivity index (χ2v) is 6.17. The van der Waals surface area contributed by atoms with E-state index < -0.39 is 0 Å². The van der Waals surface area contributed by atoms with Gasteiger partial charge in [-0.1, -0.05) is 24.3 Å². The van der Waals surface area contributed by atoms with Crippen molar-refractivity contribution in [2.45, 2.75) is 31.4 Å². The summed E-state index contributed by atoms with van der Waals surface area (Å²) < 4.78 is 5.30. The number of hydrogen-bond acceptors (Lipinski definition) is 4. The lowest BCUT2D eigenvalue weighted by Gasteiger charge is -2.37. The summed E-state index contributed by atoms with van der Waals surface area (Å²) in [5.41, 5.74) is 1.69. The van der Waals surface area contributed by atoms with E-state index in [0.717, 1.165) is 11.3 Å². The van der Waals surface area contributed by atoms with Crippen LogP contribution in [0.4, 0.5) is 0 Å². The van der Waals surface area contributed by atoms with E-state index in [4.69, 9.17) is 4.74 Å². The van der Waals surface area contributed by atoms with Crippen LogP contribution in [0.15, 0.2) is 48.7 Å². The number of methoxy groups -OCH3 is 1. The van der Waals surface area contributed by atoms with Crippen molar-refractivity contribution in [3.63, 3.8) is 0 Å². The zero-order valence-corrected chi connectivity index (χ0v) is 13.7. The van der Waals surface area contributed by atoms with Crippen molar-refractivity contribution < 1.29 is 14.6 Å². The van der Waals surface area contributed by atoms with Gasteiger partial charge in [-0.3, -0.25) is 9.78 Å². The topological polar surface area (TPSA) is 71.5 Å². The number of nitrogens with zero attached hydrogens (tertiary/aromatic N) is 1. The number of carbonyl (C=O) groups excluding carboxylic acids is 1. The average molecular weight is 326 g/mol. The Hall–Kier alpha value is -2.40. The number of para-hydroxylation sites is 1. The minimum absolute atomic E-state index is 0.0726. The number of aliphatic hydroxyl groups excluding tert-OH is 1. The number of ether oxygens (including phenoxy) is 1. The van der Waals surface area contributed by atoms with Gasteiger partial charge >= 0.3 is 0 Å². The highest BCUT2D eigenvalue weighted by atomic mass is 16.5. The number of benzene rings is 1. The van der Waals surface area contributed by atoms with Crippen molar-refractivity contribution in [3.05, 3.63) is 59.9 Å². The van der Waals surface area contributed by atoms with Gasteiger partial charge in [0.1, 0.15) is 5.75 Å². The molecule has 1 unspecified atom stereocenters. The van der Waals surface area contributed by atoms with Crippen molar-refractivity contribution in [2.24, 2.45) is 5.92 Å². The molecule has 1 aromatic carbocycles. The summed E-state index contributed by atoms with van der Waals surface area (Å²) in [5.74, 6) is 0.856. The van der Waals surface area contributed by atoms with Gasteiger partial charge in [0.05, 0.1) is 31.4 Å². The first-order chi connectivity index (χ1) is 11.7. The SMILES string of the molecule is COc1ccccc1CC(=O)NC(c1ccccn1)C1CC(O)C1. The maximum absolute atomic E-state index is 12.5. The van der Waals surface area contributed by atoms with Crippen LogP contribution in [0.2, 0.25) is 0 Å². The smallest absolute Gasteiger partial charge is 0.225 e. The van der Waals surface area contributed by atoms with Crippen LogP contribution in [0.25, 0.3) is 0 Å². The molecule has 0 bridgehead atoms. The molecule has 1 saturated carbocycles. The fourth-order valence-electron chi connectivity index (χ4n) is 3.14. The van der Waals surface area contributed by atoms with Gasteiger partial charge in [-0.2, -0.15) is 0 Å². The predicted octanol–water partition coefficient (Wildman–Crippen LogP) is 2.26. The van der Waals surface area contributed by atoms with E-state index in [0.29, 0.717) is 18.6 Å². The molecule has 5 nitrogen and oxygen atoms in total. The highest BCUT2D eigenvalue weighted by Crippen LogP contribution is 2.37. The summed E-state index contributed by atoms with van der Waals surface area (Å²) in [6.45, 7) is 0. The van der Waals surface area contributed by atoms with Gasteiger partial charge in [-0.05, 0) is 37.0 Å². The molecule has 1 aliphatic carbocycles. The molecule has 1 amide bonds. The predicted molar refractivity (Wildman–Crippen MR) is 90.5 cm³/mol. The number of rotatable bonds is 6. The number of nitrogens with one attached hydrogen (secondary N) is 1. The van der Waals surface area contributed by atoms with Crippen LogP contribution < -0.4 is 10.1 Å². The number of aliphatic hydroxyl groups is 1. The minimum atomic E-state index is -0.271. The lowest BCUT2D eigenvalue weighted by Crippen LogP contribution is -2.42. The van der Waals surface area contributed by atoms with Crippen molar-refractivity contribution >= 4 is 5.91 Å². The molecule has 1 aromatic heterocycles. The zero-order valence-electron chi connectivity index (χ0n) is 13.7. The fourth-order valence-corrected chi connectivity index (χ4v) is 3.14. The Morgan fingerprint density at radius 1 is 1.29 bits per heavy atom. The lowest BCUT2D eigenvalue weighted by molar-refractivity contribution is -0.122. The van der Waals surface area contributed by atoms with Crippen molar-refractivity contribution in [3.8, 4) is 5.75 Å². The molecular formula is C19H22N2O3. The summed E-state index contributed by atoms with van der Waals surface area (Å²) in [6.07, 6.45) is 3.09. The first kappa shape index (κ1) is 16.5. The van der Waals surface area contributed by atoms with Gasteiger partial charge in [0.25, 0.3) is 0 Å². The maximum Gasteiger partial charge on any atom is 0.225 e. The van der Waals surface area contributed by atoms with Crippen LogP contribution in [-0.4, -0.2) is 29.2 Å². The first-order valence-electron chi connectivity index (χ1n) is 8.17. The monoisotopic (exact) mass is 326 g/mol. The third kappa shape index (κ3) is 3.74. The molecular weight excluding hydrogens is 304 g/mol. The van der Waals surface area contributed by atoms with Gasteiger partial charge in [0.15, 0.2) is 0 Å². The Morgan fingerprint density at radius 3 is 2.71 bits per heavy atom. The lowest BCUT2D eigenvalue weighted by atomic mass is 9.76. The maximum atomic E-state index is 12.5. The molecule has 126 valence electrons. The van der Waals surface area contributed by atoms with Crippen LogP contribution in [0.1, 0.15) is 30.1 Å². The van der Waals surface area contributed by atoms with Gasteiger partial charge < -0.3 is 15.2 Å². The number of carbonyl (C=O) groups is 1. The first-order valence-corrected chi connectivity index (χ1v) is 8.17. The molecule has 1 atom stereocenters. The van der Waals surface area contributed by atoms with Gasteiger partial charge in [0.2, 0.25) is 5.91 Å². The molecule has 5 heteroatoms. The van der Waals surface area contributed by atoms with E-state index in [1.165, 1.54) is 0 Å². The van der Waals surface area contributed by atoms with Gasteiger partial charge in [0, 0.05) is 11.8 Å². The van der Waals surface area contributed by atoms with E-state index in [2.05, 4.69) is 10.3 Å². The fraction of sp³-hybridized carbons (Fsp3) is 0.368. The second-order valence-electron chi connectivity index (χ2n) is 6.17. The van der Waals surface area contributed by atoms with E-state index in [-0.39, 0.29) is 30.4 Å². The van der Waals surface area contributed by atoms with E-state index in [1.54, 1.807) is 13.3 Å². The summed E-state index contributed by atoms with van der Waals surface area (Å²) in [5, 5.41) is 12.7. The zero-order chi connectivity index (χ0) is 16.9. The van der Waals surface area contributed by atoms with Crippen molar-refractivity contribution in [1.82, 2.24) is 10.3 Å². The summed E-state index contributed by atoms with van der Waals surface area (Å²) in [6, 6.07) is 13.0. The summed E-state index contributed by atoms with van der Waals surface area (Å²) in [4.78, 5) is 16.9. The molecule has 24 heavy (non-hydrogen) atoms. The molecule has 1 heterocycles. The molecule has 2 N–H and O–H groups in total. The van der Waals surface area contributed by atoms with Crippen LogP contribution >= 0.6 is 0 Å². The largest absolute Gasteiger partial charge is 0.496 e. The Labute approximate surface area is 141 Å². The van der Waals surface area contributed by atoms with Crippen LogP contribution in [0.3, 0.4) is 0 Å². The Kier molecular flexibility index (Phi) is 5.11. The molecule has 2 aromatic rings. The third-order valence-electron chi connectivity index (χ3n) is 4.49. The molecule has 0 aliphatic heterocycles. The van der Waals surface area contributed by atoms with E-state index in [1.807, 2.05) is 42.5 Å². The average Bonchev–Trinajstić information content (AvgIpc) is 2.58. The molecule has 0 saturated heterocycles. The Bertz CT molecular complexity index is 684. The molecule has 0 radical (unpaired) electrons. The Morgan fingerprint density at radius 2 is 2.04 bits per heavy atom. The number of pyridine rings is 1. The molecule has 3 rings (SSSR count). The van der Waals surface area contributed by atoms with Crippen molar-refractivity contribution in [2.75, 3.05) is 7.11 Å². The van der Waals surface area contributed by atoms with Crippen molar-refractivity contribution in [1.29, 1.82) is 0 Å².